The molecule has 0 aliphatic heterocycles. The predicted molar refractivity (Wildman–Crippen MR) is 71.6 cm³/mol. The second kappa shape index (κ2) is 5.17. The van der Waals surface area contributed by atoms with Crippen molar-refractivity contribution >= 4 is 27.5 Å². The molecule has 2 rings (SSSR count). The third-order valence-electron chi connectivity index (χ3n) is 2.55. The van der Waals surface area contributed by atoms with Crippen molar-refractivity contribution in [1.29, 1.82) is 0 Å². The number of hydrogen-bond donors (Lipinski definition) is 1. The van der Waals surface area contributed by atoms with Gasteiger partial charge in [0.1, 0.15) is 5.82 Å². The minimum Gasteiger partial charge on any atom is -0.320 e. The quantitative estimate of drug-likeness (QED) is 0.879. The van der Waals surface area contributed by atoms with Gasteiger partial charge in [-0.15, -0.1) is 0 Å². The van der Waals surface area contributed by atoms with E-state index in [-0.39, 0.29) is 5.02 Å². The minimum atomic E-state index is -0.512. The summed E-state index contributed by atoms with van der Waals surface area (Å²) in [6.45, 7) is 0. The highest BCUT2D eigenvalue weighted by atomic mass is 79.9. The first-order valence-corrected chi connectivity index (χ1v) is 6.21. The molecule has 88 valence electrons. The molecule has 1 unspecified atom stereocenters. The lowest BCUT2D eigenvalue weighted by atomic mass is 9.99. The Hall–Kier alpha value is -0.900. The van der Waals surface area contributed by atoms with Crippen LogP contribution in [0.1, 0.15) is 17.2 Å². The summed E-state index contributed by atoms with van der Waals surface area (Å²) in [5.41, 5.74) is 7.27. The second-order valence-corrected chi connectivity index (χ2v) is 5.00. The smallest absolute Gasteiger partial charge is 0.146 e. The van der Waals surface area contributed by atoms with Gasteiger partial charge in [0.2, 0.25) is 0 Å². The maximum Gasteiger partial charge on any atom is 0.146 e. The average molecular weight is 315 g/mol. The Morgan fingerprint density at radius 1 is 1.12 bits per heavy atom. The molecule has 0 radical (unpaired) electrons. The molecule has 2 aromatic carbocycles. The van der Waals surface area contributed by atoms with Gasteiger partial charge in [-0.25, -0.2) is 4.39 Å². The van der Waals surface area contributed by atoms with E-state index in [0.717, 1.165) is 10.0 Å². The van der Waals surface area contributed by atoms with Gasteiger partial charge in [-0.3, -0.25) is 0 Å². The van der Waals surface area contributed by atoms with Gasteiger partial charge >= 0.3 is 0 Å². The summed E-state index contributed by atoms with van der Waals surface area (Å²) in [5, 5.41) is 0.0926. The first-order chi connectivity index (χ1) is 8.09. The van der Waals surface area contributed by atoms with Crippen molar-refractivity contribution in [1.82, 2.24) is 0 Å². The van der Waals surface area contributed by atoms with E-state index in [2.05, 4.69) is 15.9 Å². The third-order valence-corrected chi connectivity index (χ3v) is 3.37. The Balaban J connectivity index is 2.40. The van der Waals surface area contributed by atoms with Crippen LogP contribution in [-0.4, -0.2) is 0 Å². The molecule has 0 fully saturated rings. The van der Waals surface area contributed by atoms with Crippen LogP contribution in [0.5, 0.6) is 0 Å². The maximum atomic E-state index is 13.8. The zero-order valence-corrected chi connectivity index (χ0v) is 11.2. The second-order valence-electron chi connectivity index (χ2n) is 3.67. The Kier molecular flexibility index (Phi) is 3.82. The summed E-state index contributed by atoms with van der Waals surface area (Å²) in [5.74, 6) is -0.454. The molecular weight excluding hydrogens is 305 g/mol. The largest absolute Gasteiger partial charge is 0.320 e. The number of nitrogens with two attached hydrogens (primary N) is 1. The molecule has 0 saturated heterocycles. The van der Waals surface area contributed by atoms with Crippen LogP contribution in [0, 0.1) is 5.82 Å². The summed E-state index contributed by atoms with van der Waals surface area (Å²) in [6.07, 6.45) is 0. The van der Waals surface area contributed by atoms with Crippen LogP contribution in [0.25, 0.3) is 0 Å². The topological polar surface area (TPSA) is 26.0 Å². The van der Waals surface area contributed by atoms with Crippen molar-refractivity contribution in [2.45, 2.75) is 6.04 Å². The van der Waals surface area contributed by atoms with Crippen LogP contribution in [0.15, 0.2) is 46.9 Å². The number of hydrogen-bond acceptors (Lipinski definition) is 1. The van der Waals surface area contributed by atoms with Crippen LogP contribution < -0.4 is 5.73 Å². The molecule has 0 spiro atoms. The predicted octanol–water partition coefficient (Wildman–Crippen LogP) is 4.29. The Bertz CT molecular complexity index is 527. The van der Waals surface area contributed by atoms with E-state index in [9.17, 15) is 4.39 Å². The number of rotatable bonds is 2. The van der Waals surface area contributed by atoms with Gasteiger partial charge in [0.05, 0.1) is 11.1 Å². The lowest BCUT2D eigenvalue weighted by Crippen LogP contribution is -2.13. The lowest BCUT2D eigenvalue weighted by Gasteiger charge is -2.14. The molecule has 4 heteroatoms. The van der Waals surface area contributed by atoms with E-state index in [1.807, 2.05) is 24.3 Å². The van der Waals surface area contributed by atoms with E-state index in [4.69, 9.17) is 17.3 Å². The van der Waals surface area contributed by atoms with Crippen LogP contribution in [0.4, 0.5) is 4.39 Å². The molecule has 2 N–H and O–H groups in total. The van der Waals surface area contributed by atoms with Crippen molar-refractivity contribution in [3.63, 3.8) is 0 Å². The highest BCUT2D eigenvalue weighted by Crippen LogP contribution is 2.27. The van der Waals surface area contributed by atoms with Crippen molar-refractivity contribution in [3.05, 3.63) is 68.9 Å². The molecule has 2 aromatic rings. The van der Waals surface area contributed by atoms with Gasteiger partial charge in [-0.1, -0.05) is 51.8 Å². The highest BCUT2D eigenvalue weighted by molar-refractivity contribution is 9.10. The Morgan fingerprint density at radius 2 is 1.76 bits per heavy atom. The molecule has 17 heavy (non-hydrogen) atoms. The molecule has 0 aromatic heterocycles. The molecule has 0 heterocycles. The van der Waals surface area contributed by atoms with Crippen LogP contribution in [0.3, 0.4) is 0 Å². The standard InChI is InChI=1S/C13H10BrClFN/c14-9-6-4-8(5-7-9)13(17)10-2-1-3-11(15)12(10)16/h1-7,13H,17H2. The third kappa shape index (κ3) is 2.68. The SMILES string of the molecule is NC(c1ccc(Br)cc1)c1cccc(Cl)c1F. The maximum absolute atomic E-state index is 13.8. The van der Waals surface area contributed by atoms with Crippen LogP contribution in [0.2, 0.25) is 5.02 Å². The van der Waals surface area contributed by atoms with Gasteiger partial charge in [0.25, 0.3) is 0 Å². The first kappa shape index (κ1) is 12.6. The molecular formula is C13H10BrClFN. The van der Waals surface area contributed by atoms with Crippen LogP contribution in [-0.2, 0) is 0 Å². The van der Waals surface area contributed by atoms with Gasteiger partial charge in [0.15, 0.2) is 0 Å². The Morgan fingerprint density at radius 3 is 2.41 bits per heavy atom. The van der Waals surface area contributed by atoms with Crippen LogP contribution >= 0.6 is 27.5 Å². The van der Waals surface area contributed by atoms with E-state index in [0.29, 0.717) is 5.56 Å². The van der Waals surface area contributed by atoms with E-state index < -0.39 is 11.9 Å². The summed E-state index contributed by atoms with van der Waals surface area (Å²) in [6, 6.07) is 11.8. The zero-order valence-electron chi connectivity index (χ0n) is 8.83. The fraction of sp³-hybridized carbons (Fsp3) is 0.0769. The average Bonchev–Trinajstić information content (AvgIpc) is 2.33. The summed E-state index contributed by atoms with van der Waals surface area (Å²) >= 11 is 9.07. The molecule has 1 atom stereocenters. The Labute approximate surface area is 113 Å². The van der Waals surface area contributed by atoms with Crippen molar-refractivity contribution in [2.75, 3.05) is 0 Å². The van der Waals surface area contributed by atoms with Crippen molar-refractivity contribution in [3.8, 4) is 0 Å². The molecule has 1 nitrogen and oxygen atoms in total. The van der Waals surface area contributed by atoms with E-state index in [1.54, 1.807) is 12.1 Å². The fourth-order valence-electron chi connectivity index (χ4n) is 1.61. The van der Waals surface area contributed by atoms with E-state index >= 15 is 0 Å². The van der Waals surface area contributed by atoms with Crippen molar-refractivity contribution < 1.29 is 4.39 Å². The van der Waals surface area contributed by atoms with Crippen molar-refractivity contribution in [2.24, 2.45) is 5.73 Å². The number of benzene rings is 2. The molecule has 0 amide bonds. The number of halogens is 3. The zero-order chi connectivity index (χ0) is 12.4. The highest BCUT2D eigenvalue weighted by Gasteiger charge is 2.15. The molecule has 0 aliphatic carbocycles. The summed E-state index contributed by atoms with van der Waals surface area (Å²) < 4.78 is 14.8. The molecule has 0 saturated carbocycles. The summed E-state index contributed by atoms with van der Waals surface area (Å²) in [4.78, 5) is 0. The normalized spacial score (nSPS) is 12.5. The van der Waals surface area contributed by atoms with Gasteiger partial charge in [-0.2, -0.15) is 0 Å². The monoisotopic (exact) mass is 313 g/mol. The first-order valence-electron chi connectivity index (χ1n) is 5.04. The molecule has 0 bridgehead atoms. The molecule has 0 aliphatic rings. The van der Waals surface area contributed by atoms with E-state index in [1.165, 1.54) is 6.07 Å². The van der Waals surface area contributed by atoms with Gasteiger partial charge in [-0.05, 0) is 23.8 Å². The lowest BCUT2D eigenvalue weighted by molar-refractivity contribution is 0.600. The van der Waals surface area contributed by atoms with Gasteiger partial charge in [0, 0.05) is 10.0 Å². The summed E-state index contributed by atoms with van der Waals surface area (Å²) in [7, 11) is 0. The van der Waals surface area contributed by atoms with Gasteiger partial charge < -0.3 is 5.73 Å². The fourth-order valence-corrected chi connectivity index (χ4v) is 2.06. The minimum absolute atomic E-state index is 0.0926.